The molecule has 0 saturated carbocycles. The maximum atomic E-state index is 5.44. The van der Waals surface area contributed by atoms with Crippen LogP contribution in [0, 0.1) is 13.8 Å². The van der Waals surface area contributed by atoms with Gasteiger partial charge in [0.05, 0.1) is 26.0 Å². The lowest BCUT2D eigenvalue weighted by Crippen LogP contribution is -1.92. The molecule has 12 aromatic carbocycles. The molecule has 114 heavy (non-hydrogen) atoms. The van der Waals surface area contributed by atoms with Gasteiger partial charge in [-0.25, -0.2) is 0 Å². The topological polar surface area (TPSA) is 0 Å². The normalized spacial score (nSPS) is 10.2. The maximum Gasteiger partial charge on any atom is 0.0815 e. The minimum absolute atomic E-state index is 0. The number of aryl methyl sites for hydroxylation is 2. The zero-order valence-electron chi connectivity index (χ0n) is 65.3. The molecular formula is C98H104P4S12. The summed E-state index contributed by atoms with van der Waals surface area (Å²) in [4.78, 5) is 0. The Hall–Kier alpha value is -6.04. The summed E-state index contributed by atoms with van der Waals surface area (Å²) in [6.07, 6.45) is 15.4. The van der Waals surface area contributed by atoms with Crippen molar-refractivity contribution < 1.29 is 0 Å². The first-order chi connectivity index (χ1) is 54.6. The van der Waals surface area contributed by atoms with Gasteiger partial charge in [-0.05, 0) is 115 Å². The average Bonchev–Trinajstić information content (AvgIpc) is 0.896. The average molecular weight is 1790 g/mol. The molecule has 0 fully saturated rings. The van der Waals surface area contributed by atoms with Gasteiger partial charge in [-0.2, -0.15) is 19.8 Å². The highest BCUT2D eigenvalue weighted by Gasteiger charge is 2.13. The van der Waals surface area contributed by atoms with Crippen LogP contribution in [0.2, 0.25) is 0 Å². The Morgan fingerprint density at radius 2 is 0.474 bits per heavy atom. The maximum absolute atomic E-state index is 5.44. The van der Waals surface area contributed by atoms with Crippen LogP contribution in [0.25, 0.3) is 36.5 Å². The van der Waals surface area contributed by atoms with E-state index in [1.807, 2.05) is 205 Å². The zero-order valence-corrected chi connectivity index (χ0v) is 80.3. The van der Waals surface area contributed by atoms with Crippen molar-refractivity contribution in [2.45, 2.75) is 46.0 Å². The molecule has 588 valence electrons. The molecule has 0 aliphatic rings. The Balaban J connectivity index is 0.000000343. The first-order valence-electron chi connectivity index (χ1n) is 35.6. The van der Waals surface area contributed by atoms with E-state index in [9.17, 15) is 0 Å². The van der Waals surface area contributed by atoms with Crippen LogP contribution < -0.4 is 0 Å². The molecule has 0 aromatic heterocycles. The minimum atomic E-state index is 0. The molecule has 0 nitrogen and oxygen atoms in total. The Labute approximate surface area is 750 Å². The van der Waals surface area contributed by atoms with Crippen molar-refractivity contribution >= 4 is 232 Å². The van der Waals surface area contributed by atoms with Gasteiger partial charge >= 0.3 is 0 Å². The van der Waals surface area contributed by atoms with E-state index in [2.05, 4.69) is 289 Å². The summed E-state index contributed by atoms with van der Waals surface area (Å²) in [5, 5.41) is 0. The largest absolute Gasteiger partial charge is 0.153 e. The van der Waals surface area contributed by atoms with Gasteiger partial charge in [0.1, 0.15) is 0 Å². The van der Waals surface area contributed by atoms with Crippen molar-refractivity contribution in [3.63, 3.8) is 0 Å². The van der Waals surface area contributed by atoms with E-state index >= 15 is 0 Å². The quantitative estimate of drug-likeness (QED) is 0.0321. The Morgan fingerprint density at radius 1 is 0.281 bits per heavy atom. The second kappa shape index (κ2) is 63.1. The SMILES string of the molecule is C=Cc1ccc(C(=S)SCc2ccccc2)cc1.C=Cc1ccc(C(=S)SCc2ccccc2)cc1.C=Cc1ccc(C(=S)SP)cc1.C=Cc1ccc(C(=S)SP)cc1.C=Cc1ccc(C(SC)SCc2ccccc2)cc1.C=Cc1ccc(C(SC)SCc2ccccc2)cc1.Cc1ccccc1.Cc1ccccc1.P.P. The highest BCUT2D eigenvalue weighted by Crippen LogP contribution is 2.41. The summed E-state index contributed by atoms with van der Waals surface area (Å²) in [6.45, 7) is 26.6. The minimum Gasteiger partial charge on any atom is -0.153 e. The number of thioether (sulfide) groups is 6. The van der Waals surface area contributed by atoms with Gasteiger partial charge < -0.3 is 0 Å². The number of rotatable bonds is 24. The van der Waals surface area contributed by atoms with Gasteiger partial charge in [0.2, 0.25) is 0 Å². The first kappa shape index (κ1) is 102. The lowest BCUT2D eigenvalue weighted by atomic mass is 10.1. The van der Waals surface area contributed by atoms with Crippen LogP contribution in [0.1, 0.15) is 109 Å². The third kappa shape index (κ3) is 42.4. The highest BCUT2D eigenvalue weighted by molar-refractivity contribution is 8.56. The number of hydrogen-bond acceptors (Lipinski definition) is 12. The fourth-order valence-corrected chi connectivity index (χ4v) is 17.5. The van der Waals surface area contributed by atoms with Crippen LogP contribution in [-0.2, 0) is 23.0 Å². The van der Waals surface area contributed by atoms with E-state index < -0.39 is 0 Å². The summed E-state index contributed by atoms with van der Waals surface area (Å²) in [5.41, 5.74) is 22.0. The van der Waals surface area contributed by atoms with E-state index in [0.29, 0.717) is 9.16 Å². The predicted molar refractivity (Wildman–Crippen MR) is 569 cm³/mol. The molecule has 0 aliphatic carbocycles. The monoisotopic (exact) mass is 1790 g/mol. The van der Waals surface area contributed by atoms with Crippen molar-refractivity contribution in [3.8, 4) is 0 Å². The van der Waals surface area contributed by atoms with E-state index in [1.165, 1.54) is 78.4 Å². The van der Waals surface area contributed by atoms with Gasteiger partial charge in [-0.15, -0.1) is 70.6 Å². The lowest BCUT2D eigenvalue weighted by Gasteiger charge is -2.14. The second-order valence-corrected chi connectivity index (χ2v) is 36.0. The molecule has 16 heteroatoms. The zero-order chi connectivity index (χ0) is 80.8. The molecule has 0 saturated heterocycles. The third-order valence-electron chi connectivity index (χ3n) is 15.9. The highest BCUT2D eigenvalue weighted by atomic mass is 32.7. The Kier molecular flexibility index (Phi) is 56.5. The molecule has 6 atom stereocenters. The van der Waals surface area contributed by atoms with Crippen molar-refractivity contribution in [1.82, 2.24) is 0 Å². The van der Waals surface area contributed by atoms with E-state index in [0.717, 1.165) is 84.3 Å². The van der Waals surface area contributed by atoms with Crippen LogP contribution in [-0.4, -0.2) is 29.3 Å². The molecule has 0 N–H and O–H groups in total. The smallest absolute Gasteiger partial charge is 0.0815 e. The molecule has 6 unspecified atom stereocenters. The molecule has 12 aromatic rings. The van der Waals surface area contributed by atoms with Crippen LogP contribution in [0.15, 0.2) is 367 Å². The predicted octanol–water partition coefficient (Wildman–Crippen LogP) is 32.3. The molecule has 0 bridgehead atoms. The third-order valence-corrected chi connectivity index (χ3v) is 28.9. The number of benzene rings is 12. The summed E-state index contributed by atoms with van der Waals surface area (Å²) in [5.74, 6) is 3.94. The molecular weight excluding hydrogens is 1690 g/mol. The van der Waals surface area contributed by atoms with Crippen molar-refractivity contribution in [3.05, 3.63) is 467 Å². The molecule has 0 aliphatic heterocycles. The summed E-state index contributed by atoms with van der Waals surface area (Å²) in [7, 11) is 5.09. The van der Waals surface area contributed by atoms with E-state index in [-0.39, 0.29) is 19.8 Å². The number of thiocarbonyl (C=S) groups is 4. The Bertz CT molecular complexity index is 4370. The standard InChI is InChI=1S/2C17H18S2.2C16H14S2.2C9H9PS2.2C7H8.2H3P/c2*1-3-14-9-11-16(12-10-14)17(18-2)19-13-15-7-5-4-6-8-15;2*1-2-13-8-10-15(11-9-13)16(17)18-12-14-6-4-3-5-7-14;2*1-2-7-3-5-8(6-4-7)9(11)12-10;2*1-7-5-3-2-4-6-7;;/h2*3-12,17H,1,13H2,2H3;2*2-11H,1,12H2;2*2-6H,1,10H2;2*2-6H,1H3;2*1H3. The second-order valence-electron chi connectivity index (χ2n) is 24.0. The van der Waals surface area contributed by atoms with Crippen LogP contribution >= 0.6 is 179 Å². The summed E-state index contributed by atoms with van der Waals surface area (Å²) < 4.78 is 4.65. The van der Waals surface area contributed by atoms with Crippen LogP contribution in [0.5, 0.6) is 0 Å². The van der Waals surface area contributed by atoms with E-state index in [4.69, 9.17) is 48.9 Å². The van der Waals surface area contributed by atoms with Gasteiger partial charge in [0.25, 0.3) is 0 Å². The summed E-state index contributed by atoms with van der Waals surface area (Å²) in [6, 6.07) is 112. The molecule has 0 heterocycles. The molecule has 0 radical (unpaired) electrons. The van der Waals surface area contributed by atoms with Crippen LogP contribution in [0.3, 0.4) is 0 Å². The van der Waals surface area contributed by atoms with Gasteiger partial charge in [0, 0.05) is 23.0 Å². The van der Waals surface area contributed by atoms with Gasteiger partial charge in [-0.3, -0.25) is 0 Å². The van der Waals surface area contributed by atoms with Gasteiger partial charge in [0.15, 0.2) is 0 Å². The summed E-state index contributed by atoms with van der Waals surface area (Å²) >= 11 is 35.3. The van der Waals surface area contributed by atoms with E-state index in [1.54, 1.807) is 23.5 Å². The first-order valence-corrected chi connectivity index (χ1v) is 48.4. The number of hydrogen-bond donors (Lipinski definition) is 0. The lowest BCUT2D eigenvalue weighted by molar-refractivity contribution is 1.34. The molecule has 12 rings (SSSR count). The van der Waals surface area contributed by atoms with Crippen molar-refractivity contribution in [1.29, 1.82) is 0 Å². The molecule has 0 spiro atoms. The fourth-order valence-electron chi connectivity index (χ4n) is 9.51. The van der Waals surface area contributed by atoms with Gasteiger partial charge in [-0.1, -0.05) is 503 Å². The fraction of sp³-hybridized carbons (Fsp3) is 0.102. The van der Waals surface area contributed by atoms with Crippen LogP contribution in [0.4, 0.5) is 0 Å². The molecule has 0 amide bonds. The van der Waals surface area contributed by atoms with Crippen molar-refractivity contribution in [2.75, 3.05) is 12.5 Å². The van der Waals surface area contributed by atoms with Crippen molar-refractivity contribution in [2.24, 2.45) is 0 Å². The Morgan fingerprint density at radius 3 is 0.658 bits per heavy atom.